The smallest absolute Gasteiger partial charge is 0.339 e. The summed E-state index contributed by atoms with van der Waals surface area (Å²) in [5, 5.41) is 6.50. The Hall–Kier alpha value is -1.11. The van der Waals surface area contributed by atoms with Crippen molar-refractivity contribution in [3.05, 3.63) is 11.7 Å². The van der Waals surface area contributed by atoms with Gasteiger partial charge in [-0.2, -0.15) is 18.2 Å². The maximum atomic E-state index is 12.1. The van der Waals surface area contributed by atoms with E-state index in [-0.39, 0.29) is 17.8 Å². The lowest BCUT2D eigenvalue weighted by molar-refractivity contribution is -0.128. The summed E-state index contributed by atoms with van der Waals surface area (Å²) in [5.41, 5.74) is 0. The first kappa shape index (κ1) is 12.3. The van der Waals surface area contributed by atoms with Gasteiger partial charge in [-0.25, -0.2) is 0 Å². The molecule has 1 aromatic heterocycles. The van der Waals surface area contributed by atoms with Gasteiger partial charge in [0.2, 0.25) is 5.89 Å². The normalized spacial score (nSPS) is 25.4. The highest BCUT2D eigenvalue weighted by Gasteiger charge is 2.34. The molecule has 1 N–H and O–H groups in total. The molecule has 0 radical (unpaired) electrons. The van der Waals surface area contributed by atoms with Crippen molar-refractivity contribution in [3.8, 4) is 0 Å². The molecule has 0 aromatic carbocycles. The Labute approximate surface area is 96.6 Å². The molecule has 1 saturated carbocycles. The van der Waals surface area contributed by atoms with Gasteiger partial charge in [-0.3, -0.25) is 0 Å². The van der Waals surface area contributed by atoms with Crippen LogP contribution in [-0.4, -0.2) is 29.4 Å². The van der Waals surface area contributed by atoms with Crippen molar-refractivity contribution in [2.24, 2.45) is 0 Å². The van der Waals surface area contributed by atoms with Gasteiger partial charge in [-0.15, -0.1) is 0 Å². The van der Waals surface area contributed by atoms with Gasteiger partial charge in [-0.05, 0) is 19.9 Å². The number of hydrogen-bond acceptors (Lipinski definition) is 4. The predicted octanol–water partition coefficient (Wildman–Crippen LogP) is 2.03. The zero-order chi connectivity index (χ0) is 12.5. The van der Waals surface area contributed by atoms with Gasteiger partial charge in [0.15, 0.2) is 5.82 Å². The molecule has 7 heteroatoms. The molecule has 1 aromatic rings. The number of alkyl halides is 3. The molecule has 1 aliphatic carbocycles. The van der Waals surface area contributed by atoms with Gasteiger partial charge in [-0.1, -0.05) is 11.6 Å². The molecule has 2 unspecified atom stereocenters. The molecule has 96 valence electrons. The van der Waals surface area contributed by atoms with Crippen molar-refractivity contribution in [1.29, 1.82) is 0 Å². The Bertz CT molecular complexity index is 377. The first-order chi connectivity index (χ1) is 7.99. The quantitative estimate of drug-likeness (QED) is 0.890. The summed E-state index contributed by atoms with van der Waals surface area (Å²) in [6.07, 6.45) is -2.54. The second-order valence-corrected chi connectivity index (χ2v) is 4.27. The van der Waals surface area contributed by atoms with Gasteiger partial charge in [0, 0.05) is 6.04 Å². The SMILES string of the molecule is CNC1CCCC1c1nc(CC(F)(F)F)no1. The van der Waals surface area contributed by atoms with Crippen molar-refractivity contribution in [1.82, 2.24) is 15.5 Å². The van der Waals surface area contributed by atoms with Crippen LogP contribution in [0, 0.1) is 0 Å². The first-order valence-electron chi connectivity index (χ1n) is 5.56. The van der Waals surface area contributed by atoms with Crippen LogP contribution in [0.25, 0.3) is 0 Å². The molecule has 2 atom stereocenters. The molecular weight excluding hydrogens is 235 g/mol. The average molecular weight is 249 g/mol. The number of nitrogens with one attached hydrogen (secondary N) is 1. The highest BCUT2D eigenvalue weighted by molar-refractivity contribution is 5.03. The molecule has 0 amide bonds. The molecule has 0 saturated heterocycles. The highest BCUT2D eigenvalue weighted by Crippen LogP contribution is 2.33. The van der Waals surface area contributed by atoms with E-state index in [1.807, 2.05) is 7.05 Å². The highest BCUT2D eigenvalue weighted by atomic mass is 19.4. The van der Waals surface area contributed by atoms with Crippen LogP contribution in [0.5, 0.6) is 0 Å². The molecule has 1 fully saturated rings. The van der Waals surface area contributed by atoms with Crippen LogP contribution in [0.4, 0.5) is 13.2 Å². The molecule has 1 aliphatic rings. The van der Waals surface area contributed by atoms with Crippen molar-refractivity contribution in [3.63, 3.8) is 0 Å². The van der Waals surface area contributed by atoms with Crippen molar-refractivity contribution in [2.45, 2.75) is 43.8 Å². The summed E-state index contributed by atoms with van der Waals surface area (Å²) in [4.78, 5) is 3.84. The predicted molar refractivity (Wildman–Crippen MR) is 53.5 cm³/mol. The molecule has 0 aliphatic heterocycles. The molecule has 17 heavy (non-hydrogen) atoms. The zero-order valence-corrected chi connectivity index (χ0v) is 9.42. The fourth-order valence-corrected chi connectivity index (χ4v) is 2.27. The Morgan fingerprint density at radius 3 is 2.82 bits per heavy atom. The molecule has 1 heterocycles. The fraction of sp³-hybridized carbons (Fsp3) is 0.800. The van der Waals surface area contributed by atoms with Crippen molar-refractivity contribution >= 4 is 0 Å². The fourth-order valence-electron chi connectivity index (χ4n) is 2.27. The third-order valence-corrected chi connectivity index (χ3v) is 3.05. The lowest BCUT2D eigenvalue weighted by atomic mass is 10.0. The van der Waals surface area contributed by atoms with Gasteiger partial charge in [0.05, 0.1) is 5.92 Å². The van der Waals surface area contributed by atoms with E-state index < -0.39 is 12.6 Å². The number of hydrogen-bond donors (Lipinski definition) is 1. The van der Waals surface area contributed by atoms with Crippen LogP contribution >= 0.6 is 0 Å². The van der Waals surface area contributed by atoms with Crippen LogP contribution in [0.3, 0.4) is 0 Å². The Kier molecular flexibility index (Phi) is 3.37. The summed E-state index contributed by atoms with van der Waals surface area (Å²) >= 11 is 0. The third-order valence-electron chi connectivity index (χ3n) is 3.05. The average Bonchev–Trinajstić information content (AvgIpc) is 2.81. The summed E-state index contributed by atoms with van der Waals surface area (Å²) in [6.45, 7) is 0. The Morgan fingerprint density at radius 2 is 2.18 bits per heavy atom. The molecule has 0 spiro atoms. The van der Waals surface area contributed by atoms with E-state index in [1.165, 1.54) is 0 Å². The standard InChI is InChI=1S/C10H14F3N3O/c1-14-7-4-2-3-6(7)9-15-8(16-17-9)5-10(11,12)13/h6-7,14H,2-5H2,1H3. The number of rotatable bonds is 3. The largest absolute Gasteiger partial charge is 0.396 e. The maximum absolute atomic E-state index is 12.1. The zero-order valence-electron chi connectivity index (χ0n) is 9.42. The van der Waals surface area contributed by atoms with Crippen LogP contribution in [0.15, 0.2) is 4.52 Å². The minimum absolute atomic E-state index is 0.0366. The first-order valence-corrected chi connectivity index (χ1v) is 5.56. The van der Waals surface area contributed by atoms with Crippen molar-refractivity contribution < 1.29 is 17.7 Å². The monoisotopic (exact) mass is 249 g/mol. The van der Waals surface area contributed by atoms with Gasteiger partial charge < -0.3 is 9.84 Å². The molecule has 2 rings (SSSR count). The van der Waals surface area contributed by atoms with Crippen LogP contribution < -0.4 is 5.32 Å². The number of aromatic nitrogens is 2. The number of nitrogens with zero attached hydrogens (tertiary/aromatic N) is 2. The van der Waals surface area contributed by atoms with Crippen LogP contribution in [0.1, 0.15) is 36.9 Å². The van der Waals surface area contributed by atoms with E-state index in [4.69, 9.17) is 4.52 Å². The van der Waals surface area contributed by atoms with Gasteiger partial charge >= 0.3 is 6.18 Å². The van der Waals surface area contributed by atoms with Crippen LogP contribution in [-0.2, 0) is 6.42 Å². The Balaban J connectivity index is 2.07. The molecule has 4 nitrogen and oxygen atoms in total. The van der Waals surface area contributed by atoms with E-state index in [2.05, 4.69) is 15.5 Å². The summed E-state index contributed by atoms with van der Waals surface area (Å²) in [5.74, 6) is 0.0739. The van der Waals surface area contributed by atoms with E-state index in [9.17, 15) is 13.2 Å². The third kappa shape index (κ3) is 2.96. The van der Waals surface area contributed by atoms with Gasteiger partial charge in [0.1, 0.15) is 6.42 Å². The topological polar surface area (TPSA) is 51.0 Å². The van der Waals surface area contributed by atoms with E-state index in [0.29, 0.717) is 5.89 Å². The molecule has 0 bridgehead atoms. The van der Waals surface area contributed by atoms with E-state index >= 15 is 0 Å². The summed E-state index contributed by atoms with van der Waals surface area (Å²) < 4.78 is 41.3. The van der Waals surface area contributed by atoms with E-state index in [1.54, 1.807) is 0 Å². The minimum atomic E-state index is -4.29. The second kappa shape index (κ2) is 4.64. The van der Waals surface area contributed by atoms with E-state index in [0.717, 1.165) is 19.3 Å². The lowest BCUT2D eigenvalue weighted by Crippen LogP contribution is -2.27. The second-order valence-electron chi connectivity index (χ2n) is 4.27. The summed E-state index contributed by atoms with van der Waals surface area (Å²) in [6, 6.07) is 0.217. The minimum Gasteiger partial charge on any atom is -0.339 e. The maximum Gasteiger partial charge on any atom is 0.396 e. The Morgan fingerprint density at radius 1 is 1.41 bits per heavy atom. The number of likely N-dealkylation sites (N-methyl/N-ethyl adjacent to an activating group) is 1. The molecular formula is C10H14F3N3O. The van der Waals surface area contributed by atoms with Gasteiger partial charge in [0.25, 0.3) is 0 Å². The number of halogens is 3. The lowest BCUT2D eigenvalue weighted by Gasteiger charge is -2.14. The summed E-state index contributed by atoms with van der Waals surface area (Å²) in [7, 11) is 1.83. The van der Waals surface area contributed by atoms with Crippen LogP contribution in [0.2, 0.25) is 0 Å². The van der Waals surface area contributed by atoms with Crippen molar-refractivity contribution in [2.75, 3.05) is 7.05 Å².